The molecule has 1 aliphatic heterocycles. The Hall–Kier alpha value is -0.570. The highest BCUT2D eigenvalue weighted by molar-refractivity contribution is 5.85. The van der Waals surface area contributed by atoms with E-state index in [0.29, 0.717) is 5.92 Å². The predicted molar refractivity (Wildman–Crippen MR) is 73.4 cm³/mol. The highest BCUT2D eigenvalue weighted by Crippen LogP contribution is 2.12. The summed E-state index contributed by atoms with van der Waals surface area (Å²) >= 11 is 0. The lowest BCUT2D eigenvalue weighted by Crippen LogP contribution is -2.28. The average molecular weight is 261 g/mol. The zero-order chi connectivity index (χ0) is 9.64. The molecule has 2 heterocycles. The Labute approximate surface area is 109 Å². The summed E-state index contributed by atoms with van der Waals surface area (Å²) in [6.07, 6.45) is 8.82. The van der Waals surface area contributed by atoms with Gasteiger partial charge in [0, 0.05) is 12.7 Å². The van der Waals surface area contributed by atoms with E-state index in [9.17, 15) is 0 Å². The van der Waals surface area contributed by atoms with Crippen molar-refractivity contribution in [3.8, 4) is 0 Å². The molecule has 0 saturated carbocycles. The highest BCUT2D eigenvalue weighted by Gasteiger charge is 2.08. The summed E-state index contributed by atoms with van der Waals surface area (Å²) in [5, 5.41) is 3.40. The minimum absolute atomic E-state index is 0. The average Bonchev–Trinajstić information content (AvgIpc) is 2.29. The van der Waals surface area contributed by atoms with Gasteiger partial charge < -0.3 is 5.32 Å². The molecule has 0 amide bonds. The van der Waals surface area contributed by atoms with Crippen LogP contribution in [0.3, 0.4) is 0 Å². The summed E-state index contributed by atoms with van der Waals surface area (Å²) in [5.74, 6) is 0.686. The van der Waals surface area contributed by atoms with Crippen LogP contribution in [0.5, 0.6) is 0 Å². The van der Waals surface area contributed by atoms with E-state index in [2.05, 4.69) is 22.5 Å². The van der Waals surface area contributed by atoms with E-state index < -0.39 is 0 Å². The molecule has 1 aliphatic rings. The third-order valence-electron chi connectivity index (χ3n) is 2.56. The summed E-state index contributed by atoms with van der Waals surface area (Å²) in [6, 6.07) is 6.00. The van der Waals surface area contributed by atoms with Crippen LogP contribution in [0.25, 0.3) is 6.08 Å². The fourth-order valence-electron chi connectivity index (χ4n) is 1.75. The van der Waals surface area contributed by atoms with Crippen molar-refractivity contribution in [2.24, 2.45) is 5.92 Å². The van der Waals surface area contributed by atoms with E-state index in [-0.39, 0.29) is 24.8 Å². The maximum atomic E-state index is 4.26. The van der Waals surface area contributed by atoms with Crippen molar-refractivity contribution in [2.75, 3.05) is 13.1 Å². The van der Waals surface area contributed by atoms with Gasteiger partial charge in [0.2, 0.25) is 0 Å². The van der Waals surface area contributed by atoms with Crippen molar-refractivity contribution in [2.45, 2.75) is 12.8 Å². The minimum atomic E-state index is 0. The molecular weight excluding hydrogens is 243 g/mol. The van der Waals surface area contributed by atoms with Gasteiger partial charge in [-0.25, -0.2) is 0 Å². The number of pyridine rings is 1. The van der Waals surface area contributed by atoms with Crippen LogP contribution in [0, 0.1) is 5.92 Å². The molecule has 16 heavy (non-hydrogen) atoms. The molecular formula is C12H18Cl2N2. The molecule has 4 heteroatoms. The van der Waals surface area contributed by atoms with Crippen molar-refractivity contribution in [1.82, 2.24) is 10.3 Å². The Morgan fingerprint density at radius 2 is 2.19 bits per heavy atom. The van der Waals surface area contributed by atoms with Crippen LogP contribution in [0.4, 0.5) is 0 Å². The van der Waals surface area contributed by atoms with Crippen LogP contribution < -0.4 is 5.32 Å². The van der Waals surface area contributed by atoms with Crippen molar-refractivity contribution < 1.29 is 0 Å². The lowest BCUT2D eigenvalue weighted by Gasteiger charge is -2.19. The van der Waals surface area contributed by atoms with Crippen molar-refractivity contribution in [3.63, 3.8) is 0 Å². The molecule has 1 N–H and O–H groups in total. The predicted octanol–water partition coefficient (Wildman–Crippen LogP) is 2.94. The van der Waals surface area contributed by atoms with Crippen LogP contribution in [0.2, 0.25) is 0 Å². The fraction of sp³-hybridized carbons (Fsp3) is 0.417. The van der Waals surface area contributed by atoms with Gasteiger partial charge in [-0.05, 0) is 43.5 Å². The number of aromatic nitrogens is 1. The van der Waals surface area contributed by atoms with Gasteiger partial charge >= 0.3 is 0 Å². The molecule has 0 spiro atoms. The Balaban J connectivity index is 0.00000112. The third-order valence-corrected chi connectivity index (χ3v) is 2.56. The summed E-state index contributed by atoms with van der Waals surface area (Å²) in [5.41, 5.74) is 1.05. The summed E-state index contributed by atoms with van der Waals surface area (Å²) < 4.78 is 0. The van der Waals surface area contributed by atoms with E-state index in [1.165, 1.54) is 19.4 Å². The second-order valence-electron chi connectivity index (χ2n) is 3.72. The van der Waals surface area contributed by atoms with E-state index in [4.69, 9.17) is 0 Å². The molecule has 1 fully saturated rings. The van der Waals surface area contributed by atoms with Gasteiger partial charge in [-0.15, -0.1) is 24.8 Å². The maximum absolute atomic E-state index is 4.26. The zero-order valence-electron chi connectivity index (χ0n) is 9.13. The molecule has 1 unspecified atom stereocenters. The van der Waals surface area contributed by atoms with Crippen LogP contribution in [0.15, 0.2) is 30.5 Å². The summed E-state index contributed by atoms with van der Waals surface area (Å²) in [6.45, 7) is 2.29. The monoisotopic (exact) mass is 260 g/mol. The largest absolute Gasteiger partial charge is 0.316 e. The van der Waals surface area contributed by atoms with Gasteiger partial charge in [-0.2, -0.15) is 0 Å². The first-order chi connectivity index (χ1) is 6.95. The Morgan fingerprint density at radius 3 is 2.81 bits per heavy atom. The van der Waals surface area contributed by atoms with Crippen LogP contribution in [-0.2, 0) is 0 Å². The molecule has 1 aromatic rings. The standard InChI is InChI=1S/C12H16N2.2ClH/c1-2-9-14-12(5-1)7-6-11-4-3-8-13-10-11;;/h1-2,5-7,9,11,13H,3-4,8,10H2;2*1H/b7-6+;;. The van der Waals surface area contributed by atoms with Gasteiger partial charge in [-0.3, -0.25) is 4.98 Å². The number of hydrogen-bond donors (Lipinski definition) is 1. The number of rotatable bonds is 2. The molecule has 1 saturated heterocycles. The van der Waals surface area contributed by atoms with Gasteiger partial charge in [-0.1, -0.05) is 12.1 Å². The molecule has 90 valence electrons. The first-order valence-corrected chi connectivity index (χ1v) is 5.25. The number of hydrogen-bond acceptors (Lipinski definition) is 2. The Bertz CT molecular complexity index is 295. The molecule has 1 atom stereocenters. The topological polar surface area (TPSA) is 24.9 Å². The summed E-state index contributed by atoms with van der Waals surface area (Å²) in [4.78, 5) is 4.26. The first kappa shape index (κ1) is 15.4. The number of piperidine rings is 1. The first-order valence-electron chi connectivity index (χ1n) is 5.25. The number of halogens is 2. The molecule has 1 aromatic heterocycles. The number of nitrogens with one attached hydrogen (secondary N) is 1. The van der Waals surface area contributed by atoms with Gasteiger partial charge in [0.25, 0.3) is 0 Å². The van der Waals surface area contributed by atoms with Gasteiger partial charge in [0.15, 0.2) is 0 Å². The third kappa shape index (κ3) is 4.97. The fourth-order valence-corrected chi connectivity index (χ4v) is 1.75. The van der Waals surface area contributed by atoms with E-state index in [0.717, 1.165) is 12.2 Å². The van der Waals surface area contributed by atoms with Crippen LogP contribution in [-0.4, -0.2) is 18.1 Å². The van der Waals surface area contributed by atoms with E-state index in [1.54, 1.807) is 0 Å². The molecule has 0 aliphatic carbocycles. The SMILES string of the molecule is C(=C\C1CCCNC1)/c1ccccn1.Cl.Cl. The van der Waals surface area contributed by atoms with Crippen molar-refractivity contribution in [3.05, 3.63) is 36.2 Å². The molecule has 0 aromatic carbocycles. The Kier molecular flexibility index (Phi) is 8.26. The van der Waals surface area contributed by atoms with Crippen LogP contribution in [0.1, 0.15) is 18.5 Å². The van der Waals surface area contributed by atoms with E-state index in [1.807, 2.05) is 24.4 Å². The molecule has 0 bridgehead atoms. The lowest BCUT2D eigenvalue weighted by molar-refractivity contribution is 0.439. The molecule has 2 nitrogen and oxygen atoms in total. The highest BCUT2D eigenvalue weighted by atomic mass is 35.5. The zero-order valence-corrected chi connectivity index (χ0v) is 10.8. The normalized spacial score (nSPS) is 19.9. The Morgan fingerprint density at radius 1 is 1.31 bits per heavy atom. The molecule has 0 radical (unpaired) electrons. The van der Waals surface area contributed by atoms with Crippen molar-refractivity contribution >= 4 is 30.9 Å². The van der Waals surface area contributed by atoms with Gasteiger partial charge in [0.05, 0.1) is 5.69 Å². The van der Waals surface area contributed by atoms with Crippen LogP contribution >= 0.6 is 24.8 Å². The minimum Gasteiger partial charge on any atom is -0.316 e. The van der Waals surface area contributed by atoms with E-state index >= 15 is 0 Å². The quantitative estimate of drug-likeness (QED) is 0.885. The maximum Gasteiger partial charge on any atom is 0.0626 e. The van der Waals surface area contributed by atoms with Gasteiger partial charge in [0.1, 0.15) is 0 Å². The molecule has 2 rings (SSSR count). The van der Waals surface area contributed by atoms with Crippen molar-refractivity contribution in [1.29, 1.82) is 0 Å². The smallest absolute Gasteiger partial charge is 0.0626 e. The second-order valence-corrected chi connectivity index (χ2v) is 3.72. The lowest BCUT2D eigenvalue weighted by atomic mass is 9.99. The number of nitrogens with zero attached hydrogens (tertiary/aromatic N) is 1. The second kappa shape index (κ2) is 8.57. The summed E-state index contributed by atoms with van der Waals surface area (Å²) in [7, 11) is 0.